The Hall–Kier alpha value is -3.51. The van der Waals surface area contributed by atoms with E-state index >= 15 is 4.32 Å². The summed E-state index contributed by atoms with van der Waals surface area (Å²) in [6.45, 7) is 8.58. The van der Waals surface area contributed by atoms with Crippen molar-refractivity contribution in [1.29, 1.82) is 0 Å². The van der Waals surface area contributed by atoms with E-state index in [9.17, 15) is 0 Å². The molecule has 2 aromatic carbocycles. The second kappa shape index (κ2) is 13.7. The van der Waals surface area contributed by atoms with Gasteiger partial charge in [-0.2, -0.15) is 0 Å². The summed E-state index contributed by atoms with van der Waals surface area (Å²) in [5.74, 6) is 1.58. The highest BCUT2D eigenvalue weighted by Crippen LogP contribution is 2.33. The third-order valence-electron chi connectivity index (χ3n) is 6.57. The Morgan fingerprint density at radius 1 is 0.919 bits per heavy atom. The summed E-state index contributed by atoms with van der Waals surface area (Å²) in [7, 11) is 2.11. The predicted octanol–water partition coefficient (Wildman–Crippen LogP) is 7.67. The van der Waals surface area contributed by atoms with Gasteiger partial charge in [-0.25, -0.2) is 0 Å². The third kappa shape index (κ3) is 7.26. The molecule has 0 amide bonds. The van der Waals surface area contributed by atoms with Crippen molar-refractivity contribution < 1.29 is 13.8 Å². The molecule has 0 radical (unpaired) electrons. The van der Waals surface area contributed by atoms with Crippen LogP contribution in [-0.2, 0) is 0 Å². The van der Waals surface area contributed by atoms with Gasteiger partial charge in [-0.1, -0.05) is 37.3 Å². The summed E-state index contributed by atoms with van der Waals surface area (Å²) in [5.41, 5.74) is 12.5. The molecule has 0 aliphatic heterocycles. The molecule has 0 atom stereocenters. The maximum Gasteiger partial charge on any atom is 0.462 e. The van der Waals surface area contributed by atoms with E-state index in [1.807, 2.05) is 66.7 Å². The van der Waals surface area contributed by atoms with Crippen LogP contribution in [0.3, 0.4) is 0 Å². The van der Waals surface area contributed by atoms with Crippen LogP contribution in [-0.4, -0.2) is 32.4 Å². The normalized spacial score (nSPS) is 11.9. The first-order valence-electron chi connectivity index (χ1n) is 12.8. The molecule has 0 unspecified atom stereocenters. The molecule has 6 heteroatoms. The molecule has 0 aliphatic carbocycles. The second-order valence-corrected chi connectivity index (χ2v) is 9.12. The van der Waals surface area contributed by atoms with Crippen LogP contribution in [0.1, 0.15) is 43.9 Å². The van der Waals surface area contributed by atoms with Crippen molar-refractivity contribution in [2.24, 2.45) is 5.73 Å². The first-order valence-corrected chi connectivity index (χ1v) is 12.8. The van der Waals surface area contributed by atoms with E-state index in [1.54, 1.807) is 25.5 Å². The monoisotopic (exact) mass is 500 g/mol. The predicted molar refractivity (Wildman–Crippen MR) is 156 cm³/mol. The maximum absolute atomic E-state index is 15.1. The van der Waals surface area contributed by atoms with Crippen molar-refractivity contribution in [2.75, 3.05) is 20.8 Å². The van der Waals surface area contributed by atoms with Crippen LogP contribution in [0.25, 0.3) is 22.4 Å². The molecule has 3 rings (SSSR count). The van der Waals surface area contributed by atoms with Gasteiger partial charge in [0.2, 0.25) is 0 Å². The summed E-state index contributed by atoms with van der Waals surface area (Å²) in [6.07, 6.45) is 7.94. The largest absolute Gasteiger partial charge is 0.497 e. The highest BCUT2D eigenvalue weighted by atomic mass is 19.1. The average molecular weight is 500 g/mol. The van der Waals surface area contributed by atoms with Gasteiger partial charge >= 0.3 is 7.12 Å². The lowest BCUT2D eigenvalue weighted by Crippen LogP contribution is -2.18. The van der Waals surface area contributed by atoms with Gasteiger partial charge in [-0.05, 0) is 116 Å². The molecule has 194 valence electrons. The van der Waals surface area contributed by atoms with Crippen LogP contribution in [0.15, 0.2) is 85.0 Å². The summed E-state index contributed by atoms with van der Waals surface area (Å²) in [5, 5.41) is 0. The van der Waals surface area contributed by atoms with Crippen LogP contribution in [0.4, 0.5) is 4.32 Å². The van der Waals surface area contributed by atoms with Crippen LogP contribution in [0, 0.1) is 0 Å². The van der Waals surface area contributed by atoms with Crippen LogP contribution in [0.2, 0.25) is 6.82 Å². The lowest BCUT2D eigenvalue weighted by molar-refractivity contribution is 0.414. The van der Waals surface area contributed by atoms with Crippen LogP contribution < -0.4 is 15.2 Å². The summed E-state index contributed by atoms with van der Waals surface area (Å²) in [4.78, 5) is 0. The molecular weight excluding hydrogens is 462 g/mol. The maximum atomic E-state index is 15.1. The highest BCUT2D eigenvalue weighted by Gasteiger charge is 2.21. The number of nitrogens with zero attached hydrogens (tertiary/aromatic N) is 1. The zero-order chi connectivity index (χ0) is 26.8. The molecule has 0 saturated heterocycles. The molecule has 1 heterocycles. The van der Waals surface area contributed by atoms with Crippen LogP contribution >= 0.6 is 0 Å². The van der Waals surface area contributed by atoms with E-state index in [4.69, 9.17) is 15.2 Å². The Labute approximate surface area is 221 Å². The van der Waals surface area contributed by atoms with Crippen molar-refractivity contribution >= 4 is 18.3 Å². The number of benzene rings is 2. The highest BCUT2D eigenvalue weighted by molar-refractivity contribution is 6.48. The smallest absolute Gasteiger partial charge is 0.462 e. The van der Waals surface area contributed by atoms with Crippen molar-refractivity contribution in [3.8, 4) is 22.8 Å². The number of hydrogen-bond acceptors (Lipinski definition) is 3. The summed E-state index contributed by atoms with van der Waals surface area (Å²) >= 11 is 0. The summed E-state index contributed by atoms with van der Waals surface area (Å²) < 4.78 is 27.5. The molecule has 4 nitrogen and oxygen atoms in total. The fourth-order valence-corrected chi connectivity index (χ4v) is 4.45. The molecule has 2 N–H and O–H groups in total. The minimum absolute atomic E-state index is 0.680. The molecule has 0 bridgehead atoms. The number of hydrogen-bond donors (Lipinski definition) is 1. The van der Waals surface area contributed by atoms with E-state index in [1.165, 1.54) is 0 Å². The van der Waals surface area contributed by atoms with Gasteiger partial charge in [0.1, 0.15) is 11.5 Å². The number of allylic oxidation sites excluding steroid dienone is 5. The Morgan fingerprint density at radius 3 is 2.11 bits per heavy atom. The number of aromatic nitrogens is 1. The van der Waals surface area contributed by atoms with E-state index in [-0.39, 0.29) is 0 Å². The molecule has 0 fully saturated rings. The Bertz CT molecular complexity index is 1230. The number of halogens is 1. The first-order chi connectivity index (χ1) is 17.9. The Kier molecular flexibility index (Phi) is 10.4. The molecule has 3 aromatic rings. The minimum Gasteiger partial charge on any atom is -0.497 e. The molecule has 0 spiro atoms. The standard InChI is InChI=1S/C31H38BFN2O2/c1-23(25-12-16-27(36-4)17-13-25)10-11-24(2)29(9-7-6-8-22-34)31-21-20-30(35(31)32(3)33)26-14-18-28(37-5)19-15-26/h10-21H,1,6-9,22,34H2,2-5H3/b11-10-,29-24+. The van der Waals surface area contributed by atoms with Gasteiger partial charge in [0, 0.05) is 11.4 Å². The summed E-state index contributed by atoms with van der Waals surface area (Å²) in [6, 6.07) is 19.6. The zero-order valence-electron chi connectivity index (χ0n) is 22.5. The topological polar surface area (TPSA) is 49.4 Å². The quantitative estimate of drug-likeness (QED) is 0.149. The minimum atomic E-state index is -1.19. The van der Waals surface area contributed by atoms with Gasteiger partial charge in [-0.3, -0.25) is 0 Å². The molecule has 1 aromatic heterocycles. The SMILES string of the molecule is C=C(/C=C\C(C)=C(/CCCCCN)c1ccc(-c2ccc(OC)cc2)n1B(C)F)c1ccc(OC)cc1. The van der Waals surface area contributed by atoms with E-state index < -0.39 is 7.12 Å². The zero-order valence-corrected chi connectivity index (χ0v) is 22.5. The third-order valence-corrected chi connectivity index (χ3v) is 6.57. The van der Waals surface area contributed by atoms with Gasteiger partial charge < -0.3 is 24.0 Å². The fourth-order valence-electron chi connectivity index (χ4n) is 4.45. The van der Waals surface area contributed by atoms with Gasteiger partial charge in [-0.15, -0.1) is 0 Å². The van der Waals surface area contributed by atoms with Crippen molar-refractivity contribution in [3.05, 3.63) is 96.2 Å². The fraction of sp³-hybridized carbons (Fsp3) is 0.290. The number of ether oxygens (including phenoxy) is 2. The Morgan fingerprint density at radius 2 is 1.54 bits per heavy atom. The molecular formula is C31H38BFN2O2. The van der Waals surface area contributed by atoms with E-state index in [0.717, 1.165) is 76.4 Å². The molecule has 37 heavy (non-hydrogen) atoms. The second-order valence-electron chi connectivity index (χ2n) is 9.12. The van der Waals surface area contributed by atoms with E-state index in [0.29, 0.717) is 6.54 Å². The van der Waals surface area contributed by atoms with Gasteiger partial charge in [0.25, 0.3) is 0 Å². The van der Waals surface area contributed by atoms with Crippen molar-refractivity contribution in [1.82, 2.24) is 4.48 Å². The van der Waals surface area contributed by atoms with Gasteiger partial charge in [0.15, 0.2) is 0 Å². The number of methoxy groups -OCH3 is 2. The lowest BCUT2D eigenvalue weighted by Gasteiger charge is -2.18. The first kappa shape index (κ1) is 28.1. The van der Waals surface area contributed by atoms with Crippen molar-refractivity contribution in [3.63, 3.8) is 0 Å². The average Bonchev–Trinajstić information content (AvgIpc) is 3.37. The Balaban J connectivity index is 1.99. The van der Waals surface area contributed by atoms with Crippen LogP contribution in [0.5, 0.6) is 11.5 Å². The van der Waals surface area contributed by atoms with E-state index in [2.05, 4.69) is 19.6 Å². The number of nitrogens with two attached hydrogens (primary N) is 1. The van der Waals surface area contributed by atoms with Crippen molar-refractivity contribution in [2.45, 2.75) is 39.4 Å². The molecule has 0 aliphatic rings. The number of rotatable bonds is 13. The molecule has 0 saturated carbocycles. The lowest BCUT2D eigenvalue weighted by atomic mass is 9.88. The number of unbranched alkanes of at least 4 members (excludes halogenated alkanes) is 2. The van der Waals surface area contributed by atoms with Gasteiger partial charge in [0.05, 0.1) is 14.2 Å².